The summed E-state index contributed by atoms with van der Waals surface area (Å²) in [4.78, 5) is 18.5. The van der Waals surface area contributed by atoms with Crippen LogP contribution in [-0.4, -0.2) is 40.2 Å². The van der Waals surface area contributed by atoms with Gasteiger partial charge in [0, 0.05) is 19.7 Å². The molecule has 2 N–H and O–H groups in total. The summed E-state index contributed by atoms with van der Waals surface area (Å²) in [6, 6.07) is 0. The van der Waals surface area contributed by atoms with E-state index in [4.69, 9.17) is 4.74 Å². The van der Waals surface area contributed by atoms with Crippen LogP contribution < -0.4 is 10.6 Å². The van der Waals surface area contributed by atoms with E-state index in [0.29, 0.717) is 19.7 Å². The molecule has 0 aliphatic rings. The molecular weight excluding hydrogens is 262 g/mol. The van der Waals surface area contributed by atoms with Gasteiger partial charge in [0.1, 0.15) is 6.33 Å². The normalized spacial score (nSPS) is 11.2. The Balaban J connectivity index is 2.94. The lowest BCUT2D eigenvalue weighted by Gasteiger charge is -2.25. The van der Waals surface area contributed by atoms with Gasteiger partial charge < -0.3 is 15.4 Å². The van der Waals surface area contributed by atoms with E-state index in [-0.39, 0.29) is 17.3 Å². The fourth-order valence-electron chi connectivity index (χ4n) is 1.72. The average Bonchev–Trinajstić information content (AvgIpc) is 2.36. The molecule has 20 heavy (non-hydrogen) atoms. The summed E-state index contributed by atoms with van der Waals surface area (Å²) in [5.74, 6) is 0.401. The number of nitrogens with zero attached hydrogens (tertiary/aromatic N) is 3. The minimum Gasteiger partial charge on any atom is -0.374 e. The minimum absolute atomic E-state index is 0.151. The van der Waals surface area contributed by atoms with E-state index in [1.54, 1.807) is 0 Å². The van der Waals surface area contributed by atoms with Gasteiger partial charge >= 0.3 is 5.69 Å². The topological polar surface area (TPSA) is 102 Å². The molecule has 1 rings (SSSR count). The maximum atomic E-state index is 11.2. The first-order chi connectivity index (χ1) is 9.41. The third-order valence-corrected chi connectivity index (χ3v) is 2.57. The number of hydrogen-bond acceptors (Lipinski definition) is 7. The van der Waals surface area contributed by atoms with Gasteiger partial charge in [0.2, 0.25) is 11.6 Å². The molecule has 0 saturated carbocycles. The summed E-state index contributed by atoms with van der Waals surface area (Å²) in [7, 11) is 0. The van der Waals surface area contributed by atoms with Gasteiger partial charge in [0.25, 0.3) is 0 Å². The number of nitro groups is 1. The predicted molar refractivity (Wildman–Crippen MR) is 77.0 cm³/mol. The van der Waals surface area contributed by atoms with Crippen molar-refractivity contribution in [1.29, 1.82) is 0 Å². The molecule has 0 bridgehead atoms. The predicted octanol–water partition coefficient (Wildman–Crippen LogP) is 2.04. The Bertz CT molecular complexity index is 464. The molecule has 0 spiro atoms. The number of hydrogen-bond donors (Lipinski definition) is 2. The Morgan fingerprint density at radius 2 is 1.90 bits per heavy atom. The molecule has 0 saturated heterocycles. The van der Waals surface area contributed by atoms with Crippen molar-refractivity contribution >= 4 is 17.3 Å². The van der Waals surface area contributed by atoms with Gasteiger partial charge in [-0.1, -0.05) is 0 Å². The molecule has 1 aromatic rings. The van der Waals surface area contributed by atoms with Crippen LogP contribution in [0.2, 0.25) is 0 Å². The Morgan fingerprint density at radius 3 is 2.40 bits per heavy atom. The highest BCUT2D eigenvalue weighted by atomic mass is 16.6. The van der Waals surface area contributed by atoms with Gasteiger partial charge in [-0.3, -0.25) is 10.1 Å². The van der Waals surface area contributed by atoms with Gasteiger partial charge in [0.05, 0.1) is 10.5 Å². The summed E-state index contributed by atoms with van der Waals surface area (Å²) in [5, 5.41) is 17.0. The van der Waals surface area contributed by atoms with Crippen molar-refractivity contribution in [2.24, 2.45) is 0 Å². The lowest BCUT2D eigenvalue weighted by atomic mass is 10.1. The summed E-state index contributed by atoms with van der Waals surface area (Å²) in [6.45, 7) is 9.08. The Morgan fingerprint density at radius 1 is 1.30 bits per heavy atom. The Labute approximate surface area is 118 Å². The smallest absolute Gasteiger partial charge is 0.353 e. The number of aromatic nitrogens is 2. The molecule has 0 unspecified atom stereocenters. The maximum Gasteiger partial charge on any atom is 0.353 e. The third kappa shape index (κ3) is 4.30. The highest BCUT2D eigenvalue weighted by molar-refractivity contribution is 5.69. The molecule has 112 valence electrons. The molecular formula is C12H21N5O3. The average molecular weight is 283 g/mol. The van der Waals surface area contributed by atoms with Crippen LogP contribution in [-0.2, 0) is 4.74 Å². The molecule has 8 nitrogen and oxygen atoms in total. The number of rotatable bonds is 8. The monoisotopic (exact) mass is 283 g/mol. The first-order valence-corrected chi connectivity index (χ1v) is 6.52. The van der Waals surface area contributed by atoms with E-state index in [1.165, 1.54) is 6.33 Å². The number of ether oxygens (including phenoxy) is 1. The Hall–Kier alpha value is -1.96. The zero-order valence-electron chi connectivity index (χ0n) is 12.3. The largest absolute Gasteiger partial charge is 0.374 e. The fraction of sp³-hybridized carbons (Fsp3) is 0.667. The molecule has 1 heterocycles. The maximum absolute atomic E-state index is 11.2. The fourth-order valence-corrected chi connectivity index (χ4v) is 1.72. The minimum atomic E-state index is -0.492. The summed E-state index contributed by atoms with van der Waals surface area (Å²) in [5.41, 5.74) is -0.590. The molecule has 1 aromatic heterocycles. The van der Waals surface area contributed by atoms with Crippen LogP contribution in [0, 0.1) is 10.1 Å². The van der Waals surface area contributed by atoms with Gasteiger partial charge in [-0.2, -0.15) is 0 Å². The van der Waals surface area contributed by atoms with Crippen LogP contribution in [0.4, 0.5) is 17.3 Å². The van der Waals surface area contributed by atoms with Crippen LogP contribution in [0.3, 0.4) is 0 Å². The highest BCUT2D eigenvalue weighted by Crippen LogP contribution is 2.29. The van der Waals surface area contributed by atoms with E-state index in [2.05, 4.69) is 20.6 Å². The van der Waals surface area contributed by atoms with E-state index in [1.807, 2.05) is 27.7 Å². The van der Waals surface area contributed by atoms with E-state index < -0.39 is 10.5 Å². The highest BCUT2D eigenvalue weighted by Gasteiger charge is 2.25. The van der Waals surface area contributed by atoms with Crippen LogP contribution in [0.25, 0.3) is 0 Å². The van der Waals surface area contributed by atoms with Crippen LogP contribution >= 0.6 is 0 Å². The summed E-state index contributed by atoms with van der Waals surface area (Å²) in [6.07, 6.45) is 1.29. The van der Waals surface area contributed by atoms with E-state index in [0.717, 1.165) is 0 Å². The van der Waals surface area contributed by atoms with Crippen LogP contribution in [0.1, 0.15) is 27.7 Å². The standard InChI is InChI=1S/C12H21N5O3/c1-5-13-10-9(17(18)19)11(16-8-15-10)14-7-12(3,4)20-6-2/h8H,5-7H2,1-4H3,(H2,13,14,15,16). The van der Waals surface area contributed by atoms with Crippen molar-refractivity contribution in [1.82, 2.24) is 9.97 Å². The first-order valence-electron chi connectivity index (χ1n) is 6.52. The SMILES string of the molecule is CCNc1ncnc(NCC(C)(C)OCC)c1[N+](=O)[O-]. The molecule has 0 amide bonds. The van der Waals surface area contributed by atoms with Gasteiger partial charge in [-0.15, -0.1) is 0 Å². The molecule has 0 atom stereocenters. The lowest BCUT2D eigenvalue weighted by Crippen LogP contribution is -2.33. The third-order valence-electron chi connectivity index (χ3n) is 2.57. The van der Waals surface area contributed by atoms with Crippen molar-refractivity contribution in [3.05, 3.63) is 16.4 Å². The molecule has 8 heteroatoms. The molecule has 0 radical (unpaired) electrons. The molecule has 0 aromatic carbocycles. The van der Waals surface area contributed by atoms with Gasteiger partial charge in [-0.25, -0.2) is 9.97 Å². The molecule has 0 aliphatic heterocycles. The zero-order chi connectivity index (χ0) is 15.2. The van der Waals surface area contributed by atoms with Crippen LogP contribution in [0.5, 0.6) is 0 Å². The van der Waals surface area contributed by atoms with Crippen molar-refractivity contribution in [3.8, 4) is 0 Å². The zero-order valence-corrected chi connectivity index (χ0v) is 12.3. The number of nitrogens with one attached hydrogen (secondary N) is 2. The summed E-state index contributed by atoms with van der Waals surface area (Å²) < 4.78 is 5.54. The van der Waals surface area contributed by atoms with Crippen LogP contribution in [0.15, 0.2) is 6.33 Å². The molecule has 0 fully saturated rings. The number of anilines is 2. The van der Waals surface area contributed by atoms with Gasteiger partial charge in [-0.05, 0) is 27.7 Å². The van der Waals surface area contributed by atoms with Crippen molar-refractivity contribution < 1.29 is 9.66 Å². The second-order valence-electron chi connectivity index (χ2n) is 4.75. The van der Waals surface area contributed by atoms with Crippen molar-refractivity contribution in [2.75, 3.05) is 30.3 Å². The van der Waals surface area contributed by atoms with Crippen molar-refractivity contribution in [2.45, 2.75) is 33.3 Å². The Kier molecular flexibility index (Phi) is 5.63. The van der Waals surface area contributed by atoms with E-state index in [9.17, 15) is 10.1 Å². The summed E-state index contributed by atoms with van der Waals surface area (Å²) >= 11 is 0. The first kappa shape index (κ1) is 16.1. The van der Waals surface area contributed by atoms with Gasteiger partial charge in [0.15, 0.2) is 0 Å². The molecule has 0 aliphatic carbocycles. The second-order valence-corrected chi connectivity index (χ2v) is 4.75. The second kappa shape index (κ2) is 6.99. The lowest BCUT2D eigenvalue weighted by molar-refractivity contribution is -0.383. The van der Waals surface area contributed by atoms with Crippen molar-refractivity contribution in [3.63, 3.8) is 0 Å². The van der Waals surface area contributed by atoms with E-state index >= 15 is 0 Å². The quantitative estimate of drug-likeness (QED) is 0.556.